The summed E-state index contributed by atoms with van der Waals surface area (Å²) in [5.74, 6) is 0. The summed E-state index contributed by atoms with van der Waals surface area (Å²) in [4.78, 5) is 10.3. The average molecular weight is 184 g/mol. The Morgan fingerprint density at radius 2 is 2.33 bits per heavy atom. The smallest absolute Gasteiger partial charge is 0.197 e. The molecule has 0 radical (unpaired) electrons. The molecule has 0 aromatic heterocycles. The van der Waals surface area contributed by atoms with Crippen LogP contribution in [0.3, 0.4) is 0 Å². The van der Waals surface area contributed by atoms with Crippen LogP contribution in [-0.4, -0.2) is 11.7 Å². The highest BCUT2D eigenvalue weighted by Gasteiger charge is 1.94. The lowest BCUT2D eigenvalue weighted by atomic mass is 10.9. The summed E-state index contributed by atoms with van der Waals surface area (Å²) in [6.07, 6.45) is 0. The molecular weight excluding hydrogens is 176 g/mol. The van der Waals surface area contributed by atoms with Gasteiger partial charge in [-0.3, -0.25) is 4.79 Å². The van der Waals surface area contributed by atoms with Crippen LogP contribution >= 0.6 is 31.7 Å². The number of hydrogen-bond acceptors (Lipinski definition) is 5. The summed E-state index contributed by atoms with van der Waals surface area (Å²) < 4.78 is 4.89. The van der Waals surface area contributed by atoms with Gasteiger partial charge in [-0.25, -0.2) is 0 Å². The number of rotatable bonds is 4. The van der Waals surface area contributed by atoms with Gasteiger partial charge >= 0.3 is 0 Å². The molecule has 0 aliphatic heterocycles. The molecule has 0 heterocycles. The molecule has 0 atom stereocenters. The molecule has 0 fully saturated rings. The predicted octanol–water partition coefficient (Wildman–Crippen LogP) is 2.51. The molecule has 0 spiro atoms. The Hall–Kier alpha value is 0.680. The highest BCUT2D eigenvalue weighted by atomic mass is 33.5. The third-order valence-electron chi connectivity index (χ3n) is 0.345. The molecule has 0 N–H and O–H groups in total. The van der Waals surface area contributed by atoms with Crippen molar-refractivity contribution in [3.8, 4) is 0 Å². The Morgan fingerprint density at radius 3 is 2.78 bits per heavy atom. The predicted molar refractivity (Wildman–Crippen MR) is 45.1 cm³/mol. The van der Waals surface area contributed by atoms with Crippen molar-refractivity contribution in [2.75, 3.05) is 6.61 Å². The monoisotopic (exact) mass is 184 g/mol. The van der Waals surface area contributed by atoms with Crippen molar-refractivity contribution >= 4 is 36.8 Å². The van der Waals surface area contributed by atoms with Gasteiger partial charge in [-0.15, -0.1) is 0 Å². The number of carbonyl (C=O) groups is 1. The van der Waals surface area contributed by atoms with Gasteiger partial charge in [-0.2, -0.15) is 0 Å². The molecule has 0 aliphatic rings. The Morgan fingerprint density at radius 1 is 1.67 bits per heavy atom. The van der Waals surface area contributed by atoms with E-state index in [0.29, 0.717) is 6.61 Å². The Kier molecular flexibility index (Phi) is 7.31. The average Bonchev–Trinajstić information content (AvgIpc) is 1.80. The van der Waals surface area contributed by atoms with E-state index in [1.54, 1.807) is 0 Å². The summed E-state index contributed by atoms with van der Waals surface area (Å²) in [7, 11) is 2.53. The largest absolute Gasteiger partial charge is 0.305 e. The standard InChI is InChI=1S/C4H8O2S3/c1-3-6-8-9-7-4(2)5/h3H2,1-2H3. The minimum atomic E-state index is 0.104. The molecule has 0 saturated carbocycles. The van der Waals surface area contributed by atoms with E-state index in [1.165, 1.54) is 38.6 Å². The van der Waals surface area contributed by atoms with E-state index < -0.39 is 0 Å². The zero-order chi connectivity index (χ0) is 7.11. The van der Waals surface area contributed by atoms with Crippen LogP contribution < -0.4 is 0 Å². The summed E-state index contributed by atoms with van der Waals surface area (Å²) in [6.45, 7) is 4.12. The van der Waals surface area contributed by atoms with Crippen LogP contribution in [0.1, 0.15) is 13.8 Å². The van der Waals surface area contributed by atoms with Crippen LogP contribution in [0.5, 0.6) is 0 Å². The van der Waals surface area contributed by atoms with Gasteiger partial charge in [0.2, 0.25) is 0 Å². The van der Waals surface area contributed by atoms with Crippen LogP contribution in [0.15, 0.2) is 0 Å². The lowest BCUT2D eigenvalue weighted by Crippen LogP contribution is -1.74. The first-order valence-electron chi connectivity index (χ1n) is 2.40. The van der Waals surface area contributed by atoms with Crippen LogP contribution in [0.25, 0.3) is 0 Å². The van der Waals surface area contributed by atoms with Crippen molar-refractivity contribution in [3.63, 3.8) is 0 Å². The van der Waals surface area contributed by atoms with Crippen molar-refractivity contribution in [3.05, 3.63) is 0 Å². The van der Waals surface area contributed by atoms with Gasteiger partial charge in [0.25, 0.3) is 0 Å². The summed E-state index contributed by atoms with van der Waals surface area (Å²) in [5, 5.41) is 0.104. The van der Waals surface area contributed by atoms with E-state index in [1.807, 2.05) is 6.92 Å². The number of hydrogen-bond donors (Lipinski definition) is 0. The normalized spacial score (nSPS) is 9.56. The second kappa shape index (κ2) is 6.80. The maximum Gasteiger partial charge on any atom is 0.197 e. The molecule has 9 heavy (non-hydrogen) atoms. The third-order valence-corrected chi connectivity index (χ3v) is 3.51. The fraction of sp³-hybridized carbons (Fsp3) is 0.750. The summed E-state index contributed by atoms with van der Waals surface area (Å²) in [6, 6.07) is 0. The van der Waals surface area contributed by atoms with Crippen LogP contribution in [-0.2, 0) is 8.98 Å². The van der Waals surface area contributed by atoms with E-state index in [4.69, 9.17) is 4.18 Å². The maximum absolute atomic E-state index is 10.3. The van der Waals surface area contributed by atoms with Gasteiger partial charge in [-0.05, 0) is 17.7 Å². The molecule has 0 unspecified atom stereocenters. The van der Waals surface area contributed by atoms with E-state index in [-0.39, 0.29) is 5.12 Å². The van der Waals surface area contributed by atoms with Gasteiger partial charge in [-0.1, -0.05) is 0 Å². The Bertz CT molecular complexity index is 85.9. The SMILES string of the molecule is CCOSSSC(C)=O. The molecule has 0 saturated heterocycles. The first kappa shape index (κ1) is 9.68. The fourth-order valence-corrected chi connectivity index (χ4v) is 2.63. The lowest BCUT2D eigenvalue weighted by Gasteiger charge is -1.93. The highest BCUT2D eigenvalue weighted by Crippen LogP contribution is 2.35. The zero-order valence-corrected chi connectivity index (χ0v) is 7.70. The summed E-state index contributed by atoms with van der Waals surface area (Å²) >= 11 is 1.24. The van der Waals surface area contributed by atoms with Crippen LogP contribution in [0.4, 0.5) is 0 Å². The Labute approximate surface area is 66.5 Å². The molecule has 0 aromatic rings. The second-order valence-corrected chi connectivity index (χ2v) is 4.91. The maximum atomic E-state index is 10.3. The minimum absolute atomic E-state index is 0.104. The molecule has 2 nitrogen and oxygen atoms in total. The van der Waals surface area contributed by atoms with Crippen molar-refractivity contribution in [1.82, 2.24) is 0 Å². The Balaban J connectivity index is 2.83. The zero-order valence-electron chi connectivity index (χ0n) is 5.25. The first-order chi connectivity index (χ1) is 4.27. The van der Waals surface area contributed by atoms with E-state index in [9.17, 15) is 4.79 Å². The summed E-state index contributed by atoms with van der Waals surface area (Å²) in [5.41, 5.74) is 0. The third kappa shape index (κ3) is 8.68. The topological polar surface area (TPSA) is 26.3 Å². The molecule has 0 bridgehead atoms. The number of carbonyl (C=O) groups excluding carboxylic acids is 1. The van der Waals surface area contributed by atoms with E-state index >= 15 is 0 Å². The van der Waals surface area contributed by atoms with Gasteiger partial charge in [0.15, 0.2) is 5.12 Å². The van der Waals surface area contributed by atoms with Crippen molar-refractivity contribution in [2.45, 2.75) is 13.8 Å². The van der Waals surface area contributed by atoms with Gasteiger partial charge in [0, 0.05) is 16.7 Å². The minimum Gasteiger partial charge on any atom is -0.305 e. The highest BCUT2D eigenvalue weighted by molar-refractivity contribution is 9.11. The van der Waals surface area contributed by atoms with Gasteiger partial charge < -0.3 is 4.18 Å². The second-order valence-electron chi connectivity index (χ2n) is 1.12. The van der Waals surface area contributed by atoms with Gasteiger partial charge in [0.1, 0.15) is 0 Å². The fourth-order valence-electron chi connectivity index (χ4n) is 0.130. The molecule has 5 heteroatoms. The molecular formula is C4H8O2S3. The molecule has 0 amide bonds. The molecule has 54 valence electrons. The van der Waals surface area contributed by atoms with Crippen LogP contribution in [0.2, 0.25) is 0 Å². The molecule has 0 aliphatic carbocycles. The van der Waals surface area contributed by atoms with E-state index in [2.05, 4.69) is 0 Å². The van der Waals surface area contributed by atoms with Crippen molar-refractivity contribution in [2.24, 2.45) is 0 Å². The lowest BCUT2D eigenvalue weighted by molar-refractivity contribution is -0.109. The molecule has 0 aromatic carbocycles. The van der Waals surface area contributed by atoms with Crippen molar-refractivity contribution < 1.29 is 8.98 Å². The molecule has 0 rings (SSSR count). The van der Waals surface area contributed by atoms with Crippen molar-refractivity contribution in [1.29, 1.82) is 0 Å². The van der Waals surface area contributed by atoms with Crippen LogP contribution in [0, 0.1) is 0 Å². The van der Waals surface area contributed by atoms with E-state index in [0.717, 1.165) is 0 Å². The quantitative estimate of drug-likeness (QED) is 0.380. The van der Waals surface area contributed by atoms with Gasteiger partial charge in [0.05, 0.1) is 17.7 Å². The first-order valence-corrected chi connectivity index (χ1v) is 5.81.